The lowest BCUT2D eigenvalue weighted by Crippen LogP contribution is -2.29. The fraction of sp³-hybridized carbons (Fsp3) is 0.267. The Bertz CT molecular complexity index is 674. The molecule has 2 rings (SSSR count). The van der Waals surface area contributed by atoms with Gasteiger partial charge in [0.1, 0.15) is 18.1 Å². The number of hydrogen-bond donors (Lipinski definition) is 2. The van der Waals surface area contributed by atoms with E-state index in [2.05, 4.69) is 15.5 Å². The van der Waals surface area contributed by atoms with Crippen LogP contribution in [0.4, 0.5) is 0 Å². The van der Waals surface area contributed by atoms with E-state index in [-0.39, 0.29) is 17.2 Å². The van der Waals surface area contributed by atoms with Crippen molar-refractivity contribution < 1.29 is 9.53 Å². The molecule has 2 N–H and O–H groups in total. The van der Waals surface area contributed by atoms with Crippen molar-refractivity contribution >= 4 is 5.91 Å². The highest BCUT2D eigenvalue weighted by molar-refractivity contribution is 5.91. The van der Waals surface area contributed by atoms with Crippen molar-refractivity contribution in [3.8, 4) is 5.75 Å². The molecular formula is C15H17N3O3. The third-order valence-electron chi connectivity index (χ3n) is 2.89. The Hall–Kier alpha value is -2.63. The van der Waals surface area contributed by atoms with Crippen molar-refractivity contribution in [2.75, 3.05) is 13.2 Å². The molecule has 0 fully saturated rings. The summed E-state index contributed by atoms with van der Waals surface area (Å²) in [5.41, 5.74) is 2.06. The van der Waals surface area contributed by atoms with E-state index < -0.39 is 0 Å². The number of nitrogens with zero attached hydrogens (tertiary/aromatic N) is 1. The van der Waals surface area contributed by atoms with Gasteiger partial charge < -0.3 is 10.1 Å². The zero-order valence-corrected chi connectivity index (χ0v) is 12.0. The van der Waals surface area contributed by atoms with E-state index in [0.29, 0.717) is 13.2 Å². The van der Waals surface area contributed by atoms with Crippen LogP contribution >= 0.6 is 0 Å². The number of carbonyl (C=O) groups is 1. The third-order valence-corrected chi connectivity index (χ3v) is 2.89. The molecule has 2 aromatic rings. The second kappa shape index (κ2) is 6.69. The van der Waals surface area contributed by atoms with Gasteiger partial charge in [-0.1, -0.05) is 17.7 Å². The normalized spacial score (nSPS) is 10.2. The predicted molar refractivity (Wildman–Crippen MR) is 78.6 cm³/mol. The van der Waals surface area contributed by atoms with Gasteiger partial charge in [0.15, 0.2) is 0 Å². The van der Waals surface area contributed by atoms with Gasteiger partial charge in [0.05, 0.1) is 6.54 Å². The number of aromatic amines is 1. The fourth-order valence-electron chi connectivity index (χ4n) is 1.85. The molecule has 1 amide bonds. The zero-order chi connectivity index (χ0) is 15.2. The summed E-state index contributed by atoms with van der Waals surface area (Å²) in [6, 6.07) is 8.56. The lowest BCUT2D eigenvalue weighted by molar-refractivity contribution is 0.0941. The van der Waals surface area contributed by atoms with E-state index in [1.807, 2.05) is 32.0 Å². The molecule has 0 aliphatic rings. The van der Waals surface area contributed by atoms with E-state index in [4.69, 9.17) is 4.74 Å². The molecule has 0 saturated heterocycles. The quantitative estimate of drug-likeness (QED) is 0.809. The largest absolute Gasteiger partial charge is 0.491 e. The van der Waals surface area contributed by atoms with Gasteiger partial charge in [0.25, 0.3) is 11.5 Å². The summed E-state index contributed by atoms with van der Waals surface area (Å²) in [5.74, 6) is 0.451. The van der Waals surface area contributed by atoms with Crippen LogP contribution in [0, 0.1) is 13.8 Å². The first-order valence-electron chi connectivity index (χ1n) is 6.60. The summed E-state index contributed by atoms with van der Waals surface area (Å²) in [6.45, 7) is 4.71. The van der Waals surface area contributed by atoms with Crippen molar-refractivity contribution in [1.29, 1.82) is 0 Å². The number of rotatable bonds is 5. The summed E-state index contributed by atoms with van der Waals surface area (Å²) in [7, 11) is 0. The highest BCUT2D eigenvalue weighted by Crippen LogP contribution is 2.18. The number of amides is 1. The maximum absolute atomic E-state index is 11.7. The minimum Gasteiger partial charge on any atom is -0.491 e. The number of aryl methyl sites for hydroxylation is 2. The summed E-state index contributed by atoms with van der Waals surface area (Å²) >= 11 is 0. The maximum atomic E-state index is 11.7. The highest BCUT2D eigenvalue weighted by atomic mass is 16.5. The molecule has 6 nitrogen and oxygen atoms in total. The van der Waals surface area contributed by atoms with Gasteiger partial charge in [-0.2, -0.15) is 5.10 Å². The highest BCUT2D eigenvalue weighted by Gasteiger charge is 2.06. The number of nitrogens with one attached hydrogen (secondary N) is 2. The van der Waals surface area contributed by atoms with Crippen LogP contribution in [0.2, 0.25) is 0 Å². The number of H-pyrrole nitrogens is 1. The van der Waals surface area contributed by atoms with Crippen LogP contribution in [-0.2, 0) is 0 Å². The summed E-state index contributed by atoms with van der Waals surface area (Å²) in [6.07, 6.45) is 0. The first-order valence-corrected chi connectivity index (χ1v) is 6.60. The monoisotopic (exact) mass is 287 g/mol. The Kier molecular flexibility index (Phi) is 4.71. The first-order chi connectivity index (χ1) is 10.1. The summed E-state index contributed by atoms with van der Waals surface area (Å²) in [5, 5.41) is 8.53. The average Bonchev–Trinajstić information content (AvgIpc) is 2.46. The van der Waals surface area contributed by atoms with Gasteiger partial charge in [-0.05, 0) is 31.5 Å². The number of aromatic nitrogens is 2. The Morgan fingerprint density at radius 1 is 1.29 bits per heavy atom. The maximum Gasteiger partial charge on any atom is 0.271 e. The van der Waals surface area contributed by atoms with Crippen LogP contribution < -0.4 is 15.6 Å². The van der Waals surface area contributed by atoms with E-state index in [0.717, 1.165) is 11.3 Å². The summed E-state index contributed by atoms with van der Waals surface area (Å²) in [4.78, 5) is 22.6. The Labute approximate surface area is 122 Å². The molecule has 0 aliphatic heterocycles. The summed E-state index contributed by atoms with van der Waals surface area (Å²) < 4.78 is 5.60. The van der Waals surface area contributed by atoms with Crippen molar-refractivity contribution in [3.63, 3.8) is 0 Å². The molecule has 1 aromatic heterocycles. The lowest BCUT2D eigenvalue weighted by Gasteiger charge is -2.10. The minimum absolute atomic E-state index is 0.168. The lowest BCUT2D eigenvalue weighted by atomic mass is 10.1. The van der Waals surface area contributed by atoms with Crippen LogP contribution in [0.5, 0.6) is 5.75 Å². The topological polar surface area (TPSA) is 84.1 Å². The Morgan fingerprint density at radius 3 is 2.76 bits per heavy atom. The van der Waals surface area contributed by atoms with E-state index in [9.17, 15) is 9.59 Å². The smallest absolute Gasteiger partial charge is 0.271 e. The van der Waals surface area contributed by atoms with Crippen molar-refractivity contribution in [2.45, 2.75) is 13.8 Å². The van der Waals surface area contributed by atoms with Crippen LogP contribution in [0.1, 0.15) is 21.6 Å². The number of carbonyl (C=O) groups excluding carboxylic acids is 1. The molecule has 0 saturated carbocycles. The molecule has 0 aliphatic carbocycles. The zero-order valence-electron chi connectivity index (χ0n) is 12.0. The van der Waals surface area contributed by atoms with Gasteiger partial charge >= 0.3 is 0 Å². The minimum atomic E-state index is -0.351. The molecule has 0 spiro atoms. The molecule has 0 atom stereocenters. The van der Waals surface area contributed by atoms with E-state index in [1.165, 1.54) is 17.7 Å². The Morgan fingerprint density at radius 2 is 2.10 bits per heavy atom. The van der Waals surface area contributed by atoms with Crippen LogP contribution in [0.3, 0.4) is 0 Å². The van der Waals surface area contributed by atoms with Gasteiger partial charge in [-0.25, -0.2) is 5.10 Å². The molecule has 6 heteroatoms. The van der Waals surface area contributed by atoms with E-state index in [1.54, 1.807) is 0 Å². The van der Waals surface area contributed by atoms with Gasteiger partial charge in [0, 0.05) is 6.07 Å². The average molecular weight is 287 g/mol. The van der Waals surface area contributed by atoms with Crippen molar-refractivity contribution in [1.82, 2.24) is 15.5 Å². The predicted octanol–water partition coefficient (Wildman–Crippen LogP) is 1.20. The molecule has 21 heavy (non-hydrogen) atoms. The molecule has 1 aromatic carbocycles. The number of hydrogen-bond acceptors (Lipinski definition) is 4. The van der Waals surface area contributed by atoms with Gasteiger partial charge in [-0.15, -0.1) is 0 Å². The van der Waals surface area contributed by atoms with Crippen molar-refractivity contribution in [2.24, 2.45) is 0 Å². The first kappa shape index (κ1) is 14.8. The second-order valence-corrected chi connectivity index (χ2v) is 4.68. The number of ether oxygens (including phenoxy) is 1. The third kappa shape index (κ3) is 4.17. The number of benzene rings is 1. The molecule has 0 radical (unpaired) electrons. The van der Waals surface area contributed by atoms with E-state index >= 15 is 0 Å². The van der Waals surface area contributed by atoms with Crippen molar-refractivity contribution in [3.05, 3.63) is 57.5 Å². The standard InChI is InChI=1S/C15H17N3O3/c1-10-3-5-13(11(2)9-10)21-8-7-16-15(20)12-4-6-14(19)18-17-12/h3-6,9H,7-8H2,1-2H3,(H,16,20)(H,18,19). The fourth-order valence-corrected chi connectivity index (χ4v) is 1.85. The van der Waals surface area contributed by atoms with Gasteiger partial charge in [0.2, 0.25) is 0 Å². The molecule has 110 valence electrons. The SMILES string of the molecule is Cc1ccc(OCCNC(=O)c2ccc(=O)[nH]n2)c(C)c1. The van der Waals surface area contributed by atoms with Gasteiger partial charge in [-0.3, -0.25) is 9.59 Å². The van der Waals surface area contributed by atoms with Crippen LogP contribution in [0.25, 0.3) is 0 Å². The molecule has 0 unspecified atom stereocenters. The van der Waals surface area contributed by atoms with Crippen LogP contribution in [-0.4, -0.2) is 29.3 Å². The molecule has 1 heterocycles. The Balaban J connectivity index is 1.80. The molecule has 0 bridgehead atoms. The van der Waals surface area contributed by atoms with Crippen LogP contribution in [0.15, 0.2) is 35.1 Å². The second-order valence-electron chi connectivity index (χ2n) is 4.68. The molecular weight excluding hydrogens is 270 g/mol.